The molecule has 0 atom stereocenters. The zero-order valence-electron chi connectivity index (χ0n) is 11.6. The number of aryl methyl sites for hydroxylation is 1. The summed E-state index contributed by atoms with van der Waals surface area (Å²) in [6.07, 6.45) is 1.78. The standard InChI is InChI=1S/C18H14N2O/c1-12-10-14-13-6-2-3-7-15(13)20(16(14)11-17(12)21)18-8-4-5-9-19-18/h2-11,21H,1H3. The summed E-state index contributed by atoms with van der Waals surface area (Å²) in [4.78, 5) is 4.45. The molecule has 0 aliphatic carbocycles. The number of phenolic OH excluding ortho intramolecular Hbond substituents is 1. The number of benzene rings is 2. The zero-order valence-corrected chi connectivity index (χ0v) is 11.6. The minimum absolute atomic E-state index is 0.308. The Labute approximate surface area is 122 Å². The van der Waals surface area contributed by atoms with Gasteiger partial charge in [-0.2, -0.15) is 0 Å². The van der Waals surface area contributed by atoms with Crippen molar-refractivity contribution < 1.29 is 5.11 Å². The highest BCUT2D eigenvalue weighted by molar-refractivity contribution is 6.09. The molecule has 0 saturated carbocycles. The number of hydrogen-bond donors (Lipinski definition) is 1. The van der Waals surface area contributed by atoms with Crippen LogP contribution in [0.25, 0.3) is 27.6 Å². The lowest BCUT2D eigenvalue weighted by Crippen LogP contribution is -1.96. The summed E-state index contributed by atoms with van der Waals surface area (Å²) in [5.74, 6) is 1.16. The van der Waals surface area contributed by atoms with Crippen LogP contribution >= 0.6 is 0 Å². The third-order valence-corrected chi connectivity index (χ3v) is 3.87. The summed E-state index contributed by atoms with van der Waals surface area (Å²) in [7, 11) is 0. The van der Waals surface area contributed by atoms with Crippen molar-refractivity contribution in [2.24, 2.45) is 0 Å². The number of rotatable bonds is 1. The number of aromatic nitrogens is 2. The molecule has 0 fully saturated rings. The SMILES string of the molecule is Cc1cc2c3ccccc3n(-c3ccccn3)c2cc1O. The Hall–Kier alpha value is -2.81. The zero-order chi connectivity index (χ0) is 14.4. The summed E-state index contributed by atoms with van der Waals surface area (Å²) in [6.45, 7) is 1.92. The summed E-state index contributed by atoms with van der Waals surface area (Å²) in [6, 6.07) is 17.9. The first-order valence-electron chi connectivity index (χ1n) is 6.90. The summed E-state index contributed by atoms with van der Waals surface area (Å²) in [5.41, 5.74) is 2.95. The van der Waals surface area contributed by atoms with Gasteiger partial charge in [-0.3, -0.25) is 4.57 Å². The minimum atomic E-state index is 0.308. The Morgan fingerprint density at radius 1 is 0.905 bits per heavy atom. The van der Waals surface area contributed by atoms with Gasteiger partial charge in [-0.05, 0) is 36.8 Å². The first-order chi connectivity index (χ1) is 10.3. The van der Waals surface area contributed by atoms with Crippen molar-refractivity contribution in [3.63, 3.8) is 0 Å². The Kier molecular flexibility index (Phi) is 2.48. The smallest absolute Gasteiger partial charge is 0.137 e. The summed E-state index contributed by atoms with van der Waals surface area (Å²) >= 11 is 0. The number of pyridine rings is 1. The van der Waals surface area contributed by atoms with Crippen LogP contribution in [0.2, 0.25) is 0 Å². The normalized spacial score (nSPS) is 11.3. The van der Waals surface area contributed by atoms with E-state index in [1.807, 2.05) is 49.4 Å². The van der Waals surface area contributed by atoms with E-state index >= 15 is 0 Å². The molecular formula is C18H14N2O. The van der Waals surface area contributed by atoms with Gasteiger partial charge < -0.3 is 5.11 Å². The second kappa shape index (κ2) is 4.35. The predicted octanol–water partition coefficient (Wildman–Crippen LogP) is 4.19. The van der Waals surface area contributed by atoms with Gasteiger partial charge in [0.05, 0.1) is 11.0 Å². The van der Waals surface area contributed by atoms with Crippen LogP contribution in [0, 0.1) is 6.92 Å². The van der Waals surface area contributed by atoms with Gasteiger partial charge in [0.2, 0.25) is 0 Å². The molecule has 3 nitrogen and oxygen atoms in total. The van der Waals surface area contributed by atoms with Crippen molar-refractivity contribution in [2.75, 3.05) is 0 Å². The third kappa shape index (κ3) is 1.71. The average molecular weight is 274 g/mol. The largest absolute Gasteiger partial charge is 0.508 e. The molecule has 2 aromatic heterocycles. The van der Waals surface area contributed by atoms with Crippen molar-refractivity contribution in [2.45, 2.75) is 6.92 Å². The molecule has 4 rings (SSSR count). The van der Waals surface area contributed by atoms with E-state index in [1.165, 1.54) is 5.39 Å². The fraction of sp³-hybridized carbons (Fsp3) is 0.0556. The van der Waals surface area contributed by atoms with Crippen LogP contribution in [-0.4, -0.2) is 14.7 Å². The molecule has 0 spiro atoms. The minimum Gasteiger partial charge on any atom is -0.508 e. The van der Waals surface area contributed by atoms with Crippen molar-refractivity contribution in [3.8, 4) is 11.6 Å². The van der Waals surface area contributed by atoms with E-state index in [0.29, 0.717) is 5.75 Å². The van der Waals surface area contributed by atoms with Crippen molar-refractivity contribution >= 4 is 21.8 Å². The maximum Gasteiger partial charge on any atom is 0.137 e. The molecule has 2 heterocycles. The van der Waals surface area contributed by atoms with E-state index in [2.05, 4.69) is 21.7 Å². The lowest BCUT2D eigenvalue weighted by molar-refractivity contribution is 0.472. The summed E-state index contributed by atoms with van der Waals surface area (Å²) in [5, 5.41) is 12.4. The van der Waals surface area contributed by atoms with Gasteiger partial charge in [0, 0.05) is 23.0 Å². The first-order valence-corrected chi connectivity index (χ1v) is 6.90. The molecule has 0 amide bonds. The number of aromatic hydroxyl groups is 1. The quantitative estimate of drug-likeness (QED) is 0.565. The fourth-order valence-electron chi connectivity index (χ4n) is 2.85. The van der Waals surface area contributed by atoms with Gasteiger partial charge >= 0.3 is 0 Å². The van der Waals surface area contributed by atoms with Crippen LogP contribution in [0.3, 0.4) is 0 Å². The molecule has 0 radical (unpaired) electrons. The highest BCUT2D eigenvalue weighted by Crippen LogP contribution is 2.34. The number of hydrogen-bond acceptors (Lipinski definition) is 2. The van der Waals surface area contributed by atoms with Gasteiger partial charge in [-0.15, -0.1) is 0 Å². The fourth-order valence-corrected chi connectivity index (χ4v) is 2.85. The van der Waals surface area contributed by atoms with Gasteiger partial charge in [0.15, 0.2) is 0 Å². The lowest BCUT2D eigenvalue weighted by atomic mass is 10.1. The molecule has 1 N–H and O–H groups in total. The van der Waals surface area contributed by atoms with Crippen LogP contribution in [0.4, 0.5) is 0 Å². The van der Waals surface area contributed by atoms with Crippen molar-refractivity contribution in [1.82, 2.24) is 9.55 Å². The highest BCUT2D eigenvalue weighted by Gasteiger charge is 2.13. The molecule has 3 heteroatoms. The van der Waals surface area contributed by atoms with Gasteiger partial charge in [-0.1, -0.05) is 24.3 Å². The Morgan fingerprint density at radius 2 is 1.71 bits per heavy atom. The summed E-state index contributed by atoms with van der Waals surface area (Å²) < 4.78 is 2.09. The van der Waals surface area contributed by atoms with E-state index in [4.69, 9.17) is 0 Å². The highest BCUT2D eigenvalue weighted by atomic mass is 16.3. The van der Waals surface area contributed by atoms with Gasteiger partial charge in [-0.25, -0.2) is 4.98 Å². The van der Waals surface area contributed by atoms with Crippen molar-refractivity contribution in [3.05, 3.63) is 66.4 Å². The molecule has 4 aromatic rings. The molecule has 0 unspecified atom stereocenters. The molecular weight excluding hydrogens is 260 g/mol. The van der Waals surface area contributed by atoms with E-state index in [1.54, 1.807) is 6.20 Å². The third-order valence-electron chi connectivity index (χ3n) is 3.87. The lowest BCUT2D eigenvalue weighted by Gasteiger charge is -2.06. The Balaban J connectivity index is 2.24. The molecule has 102 valence electrons. The number of fused-ring (bicyclic) bond motifs is 3. The first kappa shape index (κ1) is 12.0. The molecule has 0 aliphatic heterocycles. The van der Waals surface area contributed by atoms with E-state index < -0.39 is 0 Å². The maximum absolute atomic E-state index is 10.1. The molecule has 2 aromatic carbocycles. The molecule has 21 heavy (non-hydrogen) atoms. The van der Waals surface area contributed by atoms with E-state index in [-0.39, 0.29) is 0 Å². The Morgan fingerprint density at radius 3 is 2.52 bits per heavy atom. The molecule has 0 aliphatic rings. The predicted molar refractivity (Wildman–Crippen MR) is 85.0 cm³/mol. The molecule has 0 bridgehead atoms. The topological polar surface area (TPSA) is 38.0 Å². The Bertz CT molecular complexity index is 955. The van der Waals surface area contributed by atoms with E-state index in [0.717, 1.165) is 27.8 Å². The average Bonchev–Trinajstić information content (AvgIpc) is 2.82. The van der Waals surface area contributed by atoms with E-state index in [9.17, 15) is 5.11 Å². The second-order valence-electron chi connectivity index (χ2n) is 5.20. The van der Waals surface area contributed by atoms with Crippen molar-refractivity contribution in [1.29, 1.82) is 0 Å². The van der Waals surface area contributed by atoms with Crippen LogP contribution < -0.4 is 0 Å². The number of nitrogens with zero attached hydrogens (tertiary/aromatic N) is 2. The van der Waals surface area contributed by atoms with Crippen LogP contribution in [-0.2, 0) is 0 Å². The van der Waals surface area contributed by atoms with Gasteiger partial charge in [0.25, 0.3) is 0 Å². The maximum atomic E-state index is 10.1. The van der Waals surface area contributed by atoms with Gasteiger partial charge in [0.1, 0.15) is 11.6 Å². The monoisotopic (exact) mass is 274 g/mol. The number of para-hydroxylation sites is 1. The second-order valence-corrected chi connectivity index (χ2v) is 5.20. The molecule has 0 saturated heterocycles. The number of phenols is 1. The van der Waals surface area contributed by atoms with Crippen LogP contribution in [0.15, 0.2) is 60.8 Å². The van der Waals surface area contributed by atoms with Crippen LogP contribution in [0.1, 0.15) is 5.56 Å². The van der Waals surface area contributed by atoms with Crippen LogP contribution in [0.5, 0.6) is 5.75 Å².